The lowest BCUT2D eigenvalue weighted by atomic mass is 10.0. The van der Waals surface area contributed by atoms with Crippen LogP contribution in [0.4, 0.5) is 5.69 Å². The van der Waals surface area contributed by atoms with Crippen LogP contribution in [0.3, 0.4) is 0 Å². The van der Waals surface area contributed by atoms with Crippen molar-refractivity contribution < 1.29 is 13.0 Å². The molecule has 0 saturated heterocycles. The molecule has 0 amide bonds. The molecule has 0 atom stereocenters. The number of hydrogen-bond acceptors (Lipinski definition) is 5. The van der Waals surface area contributed by atoms with E-state index in [0.717, 1.165) is 29.7 Å². The Morgan fingerprint density at radius 3 is 2.91 bits per heavy atom. The number of hydrogen-bond donors (Lipinski definition) is 0. The van der Waals surface area contributed by atoms with Crippen molar-refractivity contribution in [1.82, 2.24) is 10.3 Å². The number of fused-ring (bicyclic) bond motifs is 2. The van der Waals surface area contributed by atoms with Gasteiger partial charge >= 0.3 is 0 Å². The van der Waals surface area contributed by atoms with Gasteiger partial charge in [-0.15, -0.1) is 0 Å². The van der Waals surface area contributed by atoms with E-state index in [9.17, 15) is 8.42 Å². The van der Waals surface area contributed by atoms with Gasteiger partial charge in [0, 0.05) is 6.54 Å². The fourth-order valence-corrected chi connectivity index (χ4v) is 4.73. The Morgan fingerprint density at radius 1 is 1.17 bits per heavy atom. The van der Waals surface area contributed by atoms with Gasteiger partial charge in [-0.25, -0.2) is 13.0 Å². The van der Waals surface area contributed by atoms with Gasteiger partial charge in [-0.1, -0.05) is 23.8 Å². The molecule has 1 aromatic heterocycles. The van der Waals surface area contributed by atoms with Gasteiger partial charge in [0.05, 0.1) is 5.69 Å². The van der Waals surface area contributed by atoms with Crippen LogP contribution >= 0.6 is 0 Å². The summed E-state index contributed by atoms with van der Waals surface area (Å²) in [5, 5.41) is 7.48. The summed E-state index contributed by atoms with van der Waals surface area (Å²) in [6, 6.07) is 10.7. The molecule has 4 rings (SSSR count). The number of nitrogens with zero attached hydrogens (tertiary/aromatic N) is 3. The van der Waals surface area contributed by atoms with E-state index in [-0.39, 0.29) is 10.4 Å². The second kappa shape index (κ2) is 5.06. The molecule has 0 aliphatic carbocycles. The Hall–Kier alpha value is -2.41. The van der Waals surface area contributed by atoms with Gasteiger partial charge in [0.2, 0.25) is 0 Å². The lowest BCUT2D eigenvalue weighted by Gasteiger charge is -2.30. The van der Waals surface area contributed by atoms with Crippen molar-refractivity contribution in [2.45, 2.75) is 24.7 Å². The molecule has 23 heavy (non-hydrogen) atoms. The normalized spacial score (nSPS) is 14.9. The zero-order valence-electron chi connectivity index (χ0n) is 12.6. The van der Waals surface area contributed by atoms with Crippen molar-refractivity contribution in [3.05, 3.63) is 47.5 Å². The molecular formula is C16H15N3O3S. The molecule has 118 valence electrons. The monoisotopic (exact) mass is 329 g/mol. The number of benzene rings is 2. The molecule has 0 N–H and O–H groups in total. The van der Waals surface area contributed by atoms with Crippen LogP contribution in [0.25, 0.3) is 11.0 Å². The molecule has 3 aromatic rings. The average molecular weight is 329 g/mol. The summed E-state index contributed by atoms with van der Waals surface area (Å²) >= 11 is 0. The Balaban J connectivity index is 1.89. The zero-order chi connectivity index (χ0) is 16.0. The molecule has 6 nitrogen and oxygen atoms in total. The van der Waals surface area contributed by atoms with Crippen molar-refractivity contribution in [2.75, 3.05) is 10.8 Å². The third-order valence-electron chi connectivity index (χ3n) is 4.13. The molecule has 0 bridgehead atoms. The van der Waals surface area contributed by atoms with Gasteiger partial charge in [0.25, 0.3) is 10.0 Å². The van der Waals surface area contributed by atoms with Crippen molar-refractivity contribution in [2.24, 2.45) is 0 Å². The van der Waals surface area contributed by atoms with E-state index >= 15 is 0 Å². The number of aromatic nitrogens is 2. The summed E-state index contributed by atoms with van der Waals surface area (Å²) in [4.78, 5) is 0.129. The van der Waals surface area contributed by atoms with E-state index in [1.807, 2.05) is 19.1 Å². The highest BCUT2D eigenvalue weighted by atomic mass is 32.2. The van der Waals surface area contributed by atoms with E-state index in [2.05, 4.69) is 16.4 Å². The molecule has 0 fully saturated rings. The Kier molecular flexibility index (Phi) is 3.12. The minimum Gasteiger partial charge on any atom is -0.266 e. The van der Waals surface area contributed by atoms with Gasteiger partial charge in [-0.3, -0.25) is 4.31 Å². The highest BCUT2D eigenvalue weighted by Gasteiger charge is 2.31. The van der Waals surface area contributed by atoms with Gasteiger partial charge < -0.3 is 0 Å². The van der Waals surface area contributed by atoms with Gasteiger partial charge in [0.1, 0.15) is 10.4 Å². The van der Waals surface area contributed by atoms with Crippen LogP contribution in [0.15, 0.2) is 45.9 Å². The predicted octanol–water partition coefficient (Wildman–Crippen LogP) is 2.67. The first-order valence-corrected chi connectivity index (χ1v) is 8.85. The summed E-state index contributed by atoms with van der Waals surface area (Å²) < 4.78 is 32.5. The van der Waals surface area contributed by atoms with Gasteiger partial charge in [-0.05, 0) is 53.8 Å². The number of aryl methyl sites for hydroxylation is 2. The Morgan fingerprint density at radius 2 is 2.04 bits per heavy atom. The van der Waals surface area contributed by atoms with Crippen LogP contribution in [-0.4, -0.2) is 25.3 Å². The Bertz CT molecular complexity index is 995. The molecule has 0 radical (unpaired) electrons. The fraction of sp³-hybridized carbons (Fsp3) is 0.250. The lowest BCUT2D eigenvalue weighted by molar-refractivity contribution is 0.315. The van der Waals surface area contributed by atoms with Crippen LogP contribution in [0.2, 0.25) is 0 Å². The van der Waals surface area contributed by atoms with E-state index in [1.54, 1.807) is 18.2 Å². The quantitative estimate of drug-likeness (QED) is 0.722. The van der Waals surface area contributed by atoms with Crippen molar-refractivity contribution in [3.8, 4) is 0 Å². The summed E-state index contributed by atoms with van der Waals surface area (Å²) in [6.45, 7) is 2.47. The minimum atomic E-state index is -3.71. The number of rotatable bonds is 2. The average Bonchev–Trinajstić information content (AvgIpc) is 3.02. The zero-order valence-corrected chi connectivity index (χ0v) is 13.4. The predicted molar refractivity (Wildman–Crippen MR) is 85.8 cm³/mol. The maximum absolute atomic E-state index is 13.2. The number of anilines is 1. The lowest BCUT2D eigenvalue weighted by Crippen LogP contribution is -2.35. The van der Waals surface area contributed by atoms with Gasteiger partial charge in [0.15, 0.2) is 5.52 Å². The van der Waals surface area contributed by atoms with Gasteiger partial charge in [-0.2, -0.15) is 0 Å². The van der Waals surface area contributed by atoms with Crippen LogP contribution in [0, 0.1) is 6.92 Å². The number of sulfonamides is 1. The molecule has 1 aliphatic heterocycles. The van der Waals surface area contributed by atoms with Crippen LogP contribution in [0.5, 0.6) is 0 Å². The second-order valence-electron chi connectivity index (χ2n) is 5.70. The highest BCUT2D eigenvalue weighted by molar-refractivity contribution is 7.93. The minimum absolute atomic E-state index is 0.129. The van der Waals surface area contributed by atoms with Crippen molar-refractivity contribution in [1.29, 1.82) is 0 Å². The van der Waals surface area contributed by atoms with Crippen LogP contribution in [-0.2, 0) is 16.4 Å². The third-order valence-corrected chi connectivity index (χ3v) is 5.97. The smallest absolute Gasteiger partial charge is 0.266 e. The standard InChI is InChI=1S/C16H15N3O3S/c1-11-7-8-14-12(10-11)4-3-9-19(14)23(20,21)15-6-2-5-13-16(15)18-22-17-13/h2,5-8,10H,3-4,9H2,1H3. The molecule has 0 saturated carbocycles. The van der Waals surface area contributed by atoms with Crippen molar-refractivity contribution in [3.63, 3.8) is 0 Å². The first-order chi connectivity index (χ1) is 11.1. The summed E-state index contributed by atoms with van der Waals surface area (Å²) in [5.74, 6) is 0. The largest absolute Gasteiger partial charge is 0.266 e. The van der Waals surface area contributed by atoms with E-state index in [0.29, 0.717) is 12.1 Å². The maximum atomic E-state index is 13.2. The van der Waals surface area contributed by atoms with E-state index in [4.69, 9.17) is 4.63 Å². The summed E-state index contributed by atoms with van der Waals surface area (Å²) in [5.41, 5.74) is 3.64. The molecule has 0 spiro atoms. The molecule has 2 aromatic carbocycles. The second-order valence-corrected chi connectivity index (χ2v) is 7.53. The first-order valence-electron chi connectivity index (χ1n) is 7.41. The molecule has 1 aliphatic rings. The summed E-state index contributed by atoms with van der Waals surface area (Å²) in [6.07, 6.45) is 1.68. The van der Waals surface area contributed by atoms with E-state index in [1.165, 1.54) is 4.31 Å². The molecule has 7 heteroatoms. The van der Waals surface area contributed by atoms with Crippen LogP contribution in [0.1, 0.15) is 17.5 Å². The Labute approximate surface area is 133 Å². The molecule has 0 unspecified atom stereocenters. The summed E-state index contributed by atoms with van der Waals surface area (Å²) in [7, 11) is -3.71. The fourth-order valence-electron chi connectivity index (χ4n) is 3.05. The molecular weight excluding hydrogens is 314 g/mol. The first kappa shape index (κ1) is 14.2. The third kappa shape index (κ3) is 2.19. The van der Waals surface area contributed by atoms with Crippen LogP contribution < -0.4 is 4.31 Å². The maximum Gasteiger partial charge on any atom is 0.266 e. The SMILES string of the molecule is Cc1ccc2c(c1)CCCN2S(=O)(=O)c1cccc2nonc12. The molecule has 2 heterocycles. The highest BCUT2D eigenvalue weighted by Crippen LogP contribution is 2.34. The topological polar surface area (TPSA) is 76.3 Å². The van der Waals surface area contributed by atoms with E-state index < -0.39 is 10.0 Å². The van der Waals surface area contributed by atoms with Crippen molar-refractivity contribution >= 4 is 26.7 Å².